The Labute approximate surface area is 282 Å². The second-order valence-electron chi connectivity index (χ2n) is 12.6. The number of nitrogens with zero attached hydrogens (tertiary/aromatic N) is 1. The molecule has 0 saturated heterocycles. The van der Waals surface area contributed by atoms with Crippen molar-refractivity contribution in [1.82, 2.24) is 21.3 Å². The van der Waals surface area contributed by atoms with E-state index in [1.165, 1.54) is 0 Å². The zero-order valence-electron chi connectivity index (χ0n) is 28.1. The molecule has 4 aromatic rings. The molecular weight excluding hydrogens is 606 g/mol. The van der Waals surface area contributed by atoms with E-state index in [1.54, 1.807) is 18.3 Å². The Morgan fingerprint density at radius 1 is 0.979 bits per heavy atom. The van der Waals surface area contributed by atoms with Crippen LogP contribution in [0.3, 0.4) is 0 Å². The molecule has 0 aliphatic carbocycles. The fourth-order valence-electron chi connectivity index (χ4n) is 5.96. The predicted octanol–water partition coefficient (Wildman–Crippen LogP) is 5.70. The van der Waals surface area contributed by atoms with Crippen molar-refractivity contribution < 1.29 is 23.5 Å². The maximum absolute atomic E-state index is 14.2. The summed E-state index contributed by atoms with van der Waals surface area (Å²) in [6, 6.07) is 24.7. The molecule has 0 unspecified atom stereocenters. The van der Waals surface area contributed by atoms with Crippen LogP contribution < -0.4 is 30.9 Å². The number of hydrogen-bond acceptors (Lipinski definition) is 6. The van der Waals surface area contributed by atoms with E-state index in [2.05, 4.69) is 21.3 Å². The monoisotopic (exact) mass is 651 g/mol. The fourth-order valence-corrected chi connectivity index (χ4v) is 5.96. The Kier molecular flexibility index (Phi) is 11.2. The molecule has 0 radical (unpaired) electrons. The lowest BCUT2D eigenvalue weighted by Crippen LogP contribution is -2.50. The van der Waals surface area contributed by atoms with Crippen LogP contribution in [-0.4, -0.2) is 43.1 Å². The maximum atomic E-state index is 14.2. The first kappa shape index (κ1) is 34.3. The summed E-state index contributed by atoms with van der Waals surface area (Å²) in [5.74, 6) is 1.16. The molecule has 0 fully saturated rings. The lowest BCUT2D eigenvalue weighted by molar-refractivity contribution is -0.128. The van der Waals surface area contributed by atoms with E-state index in [1.807, 2.05) is 99.6 Å². The third kappa shape index (κ3) is 8.83. The Morgan fingerprint density at radius 2 is 1.77 bits per heavy atom. The number of nitrogens with one attached hydrogen (secondary N) is 4. The van der Waals surface area contributed by atoms with Gasteiger partial charge < -0.3 is 35.3 Å². The number of fused-ring (bicyclic) bond motifs is 1. The molecule has 0 bridgehead atoms. The van der Waals surface area contributed by atoms with Crippen molar-refractivity contribution in [3.8, 4) is 16.9 Å². The molecule has 1 aromatic heterocycles. The van der Waals surface area contributed by atoms with Gasteiger partial charge in [-0.2, -0.15) is 0 Å². The minimum atomic E-state index is -0.680. The molecule has 0 saturated carbocycles. The van der Waals surface area contributed by atoms with Crippen molar-refractivity contribution in [2.24, 2.45) is 0 Å². The molecule has 4 N–H and O–H groups in total. The normalized spacial score (nSPS) is 14.5. The molecule has 252 valence electrons. The minimum absolute atomic E-state index is 0.153. The number of methoxy groups -OCH3 is 1. The van der Waals surface area contributed by atoms with Crippen LogP contribution in [-0.2, 0) is 35.6 Å². The molecular formula is C38H45N5O5. The van der Waals surface area contributed by atoms with Gasteiger partial charge in [-0.25, -0.2) is 4.79 Å². The predicted molar refractivity (Wildman–Crippen MR) is 186 cm³/mol. The van der Waals surface area contributed by atoms with Crippen LogP contribution in [0.2, 0.25) is 0 Å². The van der Waals surface area contributed by atoms with E-state index in [-0.39, 0.29) is 24.3 Å². The van der Waals surface area contributed by atoms with Crippen molar-refractivity contribution in [2.75, 3.05) is 18.6 Å². The summed E-state index contributed by atoms with van der Waals surface area (Å²) in [5, 5.41) is 12.1. The number of anilines is 1. The molecule has 4 amide bonds. The summed E-state index contributed by atoms with van der Waals surface area (Å²) in [6.07, 6.45) is 2.90. The summed E-state index contributed by atoms with van der Waals surface area (Å²) in [7, 11) is 1.63. The number of aryl methyl sites for hydroxylation is 1. The van der Waals surface area contributed by atoms with Gasteiger partial charge in [0.1, 0.15) is 17.6 Å². The molecule has 1 aliphatic rings. The van der Waals surface area contributed by atoms with Gasteiger partial charge in [0.15, 0.2) is 0 Å². The Bertz CT molecular complexity index is 1700. The third-order valence-corrected chi connectivity index (χ3v) is 8.50. The lowest BCUT2D eigenvalue weighted by Gasteiger charge is -2.29. The van der Waals surface area contributed by atoms with Gasteiger partial charge in [0.25, 0.3) is 0 Å². The highest BCUT2D eigenvalue weighted by atomic mass is 16.5. The smallest absolute Gasteiger partial charge is 0.315 e. The number of ether oxygens (including phenoxy) is 1. The van der Waals surface area contributed by atoms with Crippen LogP contribution in [0.5, 0.6) is 5.75 Å². The number of carbonyl (C=O) groups excluding carboxylic acids is 3. The van der Waals surface area contributed by atoms with Gasteiger partial charge >= 0.3 is 6.03 Å². The highest BCUT2D eigenvalue weighted by molar-refractivity contribution is 6.00. The molecule has 1 atom stereocenters. The van der Waals surface area contributed by atoms with Crippen LogP contribution >= 0.6 is 0 Å². The van der Waals surface area contributed by atoms with Gasteiger partial charge in [-0.1, -0.05) is 48.5 Å². The van der Waals surface area contributed by atoms with E-state index >= 15 is 0 Å². The average molecular weight is 652 g/mol. The molecule has 10 heteroatoms. The van der Waals surface area contributed by atoms with Gasteiger partial charge in [-0.05, 0) is 91.8 Å². The van der Waals surface area contributed by atoms with Gasteiger partial charge in [0, 0.05) is 30.7 Å². The van der Waals surface area contributed by atoms with Crippen molar-refractivity contribution in [3.63, 3.8) is 0 Å². The summed E-state index contributed by atoms with van der Waals surface area (Å²) in [6.45, 7) is 7.59. The van der Waals surface area contributed by atoms with Crippen molar-refractivity contribution in [3.05, 3.63) is 108 Å². The maximum Gasteiger partial charge on any atom is 0.315 e. The summed E-state index contributed by atoms with van der Waals surface area (Å²) in [5.41, 5.74) is 5.26. The van der Waals surface area contributed by atoms with E-state index in [9.17, 15) is 14.4 Å². The van der Waals surface area contributed by atoms with E-state index < -0.39 is 11.6 Å². The minimum Gasteiger partial charge on any atom is -0.497 e. The Morgan fingerprint density at radius 3 is 2.50 bits per heavy atom. The van der Waals surface area contributed by atoms with Gasteiger partial charge in [-0.3, -0.25) is 9.59 Å². The number of hydrogen-bond donors (Lipinski definition) is 4. The standard InChI is InChI=1S/C38H45N5O5/c1-5-39-37(46)40-23-29-9-6-7-11-32(29)27-14-12-26(13-15-27)25-43-34-19-17-30(47-4)21-28(34)16-18-33(36(43)45)42-35(44)22-38(2,3)41-24-31-10-8-20-48-31/h6-15,17,19-21,33,41H,5,16,18,22-25H2,1-4H3,(H,42,44)(H2,39,40,46)/t33-/m1/s1. The van der Waals surface area contributed by atoms with Gasteiger partial charge in [0.05, 0.1) is 26.5 Å². The molecule has 1 aliphatic heterocycles. The lowest BCUT2D eigenvalue weighted by atomic mass is 9.98. The van der Waals surface area contributed by atoms with Crippen molar-refractivity contribution in [2.45, 2.75) is 71.2 Å². The molecule has 48 heavy (non-hydrogen) atoms. The van der Waals surface area contributed by atoms with Crippen LogP contribution in [0.1, 0.15) is 56.1 Å². The highest BCUT2D eigenvalue weighted by Gasteiger charge is 2.33. The largest absolute Gasteiger partial charge is 0.497 e. The number of rotatable bonds is 13. The first-order valence-corrected chi connectivity index (χ1v) is 16.4. The fraction of sp³-hybridized carbons (Fsp3) is 0.342. The summed E-state index contributed by atoms with van der Waals surface area (Å²) >= 11 is 0. The molecule has 5 rings (SSSR count). The van der Waals surface area contributed by atoms with E-state index in [4.69, 9.17) is 9.15 Å². The van der Waals surface area contributed by atoms with E-state index in [0.29, 0.717) is 39.0 Å². The Hall–Kier alpha value is -5.09. The second kappa shape index (κ2) is 15.7. The summed E-state index contributed by atoms with van der Waals surface area (Å²) in [4.78, 5) is 41.2. The zero-order chi connectivity index (χ0) is 34.1. The quantitative estimate of drug-likeness (QED) is 0.147. The van der Waals surface area contributed by atoms with Crippen LogP contribution in [0, 0.1) is 0 Å². The molecule has 0 spiro atoms. The molecule has 2 heterocycles. The van der Waals surface area contributed by atoms with Crippen LogP contribution in [0.25, 0.3) is 11.1 Å². The zero-order valence-corrected chi connectivity index (χ0v) is 28.1. The molecule has 3 aromatic carbocycles. The first-order chi connectivity index (χ1) is 23.2. The molecule has 10 nitrogen and oxygen atoms in total. The number of furan rings is 1. The van der Waals surface area contributed by atoms with Gasteiger partial charge in [0.2, 0.25) is 11.8 Å². The SMILES string of the molecule is CCNC(=O)NCc1ccccc1-c1ccc(CN2C(=O)[C@H](NC(=O)CC(C)(C)NCc3ccco3)CCc3cc(OC)ccc32)cc1. The van der Waals surface area contributed by atoms with Crippen molar-refractivity contribution in [1.29, 1.82) is 0 Å². The highest BCUT2D eigenvalue weighted by Crippen LogP contribution is 2.32. The summed E-state index contributed by atoms with van der Waals surface area (Å²) < 4.78 is 10.9. The number of amides is 4. The average Bonchev–Trinajstić information content (AvgIpc) is 3.57. The number of urea groups is 1. The van der Waals surface area contributed by atoms with Crippen LogP contribution in [0.15, 0.2) is 89.5 Å². The third-order valence-electron chi connectivity index (χ3n) is 8.50. The van der Waals surface area contributed by atoms with Crippen LogP contribution in [0.4, 0.5) is 10.5 Å². The van der Waals surface area contributed by atoms with E-state index in [0.717, 1.165) is 45.0 Å². The first-order valence-electron chi connectivity index (χ1n) is 16.4. The second-order valence-corrected chi connectivity index (χ2v) is 12.6. The van der Waals surface area contributed by atoms with Gasteiger partial charge in [-0.15, -0.1) is 0 Å². The van der Waals surface area contributed by atoms with Crippen molar-refractivity contribution >= 4 is 23.5 Å². The number of carbonyl (C=O) groups is 3. The number of benzene rings is 3. The Balaban J connectivity index is 1.32. The topological polar surface area (TPSA) is 125 Å².